The van der Waals surface area contributed by atoms with Crippen LogP contribution in [-0.2, 0) is 54.8 Å². The van der Waals surface area contributed by atoms with E-state index in [0.29, 0.717) is 67.7 Å². The number of nitrogens with one attached hydrogen (secondary N) is 1. The van der Waals surface area contributed by atoms with Crippen molar-refractivity contribution in [1.29, 1.82) is 0 Å². The van der Waals surface area contributed by atoms with Crippen LogP contribution in [0.15, 0.2) is 111 Å². The molecule has 17 nitrogen and oxygen atoms in total. The molecule has 0 saturated heterocycles. The van der Waals surface area contributed by atoms with Gasteiger partial charge >= 0.3 is 88.7 Å². The van der Waals surface area contributed by atoms with Crippen LogP contribution in [0.25, 0.3) is 10.8 Å². The van der Waals surface area contributed by atoms with Gasteiger partial charge in [-0.05, 0) is 117 Å². The third-order valence-electron chi connectivity index (χ3n) is 13.7. The van der Waals surface area contributed by atoms with Gasteiger partial charge < -0.3 is 29.5 Å². The number of benzene rings is 3. The van der Waals surface area contributed by atoms with Crippen molar-refractivity contribution in [2.75, 3.05) is 55.8 Å². The van der Waals surface area contributed by atoms with E-state index < -0.39 is 53.5 Å². The molecule has 0 bridgehead atoms. The smallest absolute Gasteiger partial charge is 0.748 e. The minimum absolute atomic E-state index is 0. The fourth-order valence-electron chi connectivity index (χ4n) is 10.1. The van der Waals surface area contributed by atoms with E-state index in [0.717, 1.165) is 68.1 Å². The largest absolute Gasteiger partial charge is 1.00 e. The Labute approximate surface area is 515 Å². The predicted molar refractivity (Wildman–Crippen MR) is 272 cm³/mol. The van der Waals surface area contributed by atoms with Crippen LogP contribution in [-0.4, -0.2) is 105 Å². The Hall–Kier alpha value is -2.16. The molecule has 0 saturated carbocycles. The van der Waals surface area contributed by atoms with Gasteiger partial charge in [0, 0.05) is 120 Å². The van der Waals surface area contributed by atoms with Crippen LogP contribution in [0.3, 0.4) is 0 Å². The van der Waals surface area contributed by atoms with Crippen LogP contribution in [0.1, 0.15) is 90.2 Å². The van der Waals surface area contributed by atoms with Crippen molar-refractivity contribution in [3.8, 4) is 0 Å². The van der Waals surface area contributed by atoms with E-state index >= 15 is 0 Å². The van der Waals surface area contributed by atoms with Gasteiger partial charge in [0.2, 0.25) is 11.6 Å². The molecular weight excluding hydrogens is 1080 g/mol. The third-order valence-corrected chi connectivity index (χ3v) is 16.4. The van der Waals surface area contributed by atoms with Gasteiger partial charge in [-0.25, -0.2) is 16.8 Å². The first-order chi connectivity index (χ1) is 33.9. The van der Waals surface area contributed by atoms with Gasteiger partial charge in [-0.1, -0.05) is 37.6 Å². The van der Waals surface area contributed by atoms with Gasteiger partial charge in [-0.2, -0.15) is 8.91 Å². The Morgan fingerprint density at radius 3 is 2.23 bits per heavy atom. The van der Waals surface area contributed by atoms with Gasteiger partial charge in [-0.3, -0.25) is 24.3 Å². The first-order valence-electron chi connectivity index (χ1n) is 23.6. The van der Waals surface area contributed by atoms with E-state index in [1.54, 1.807) is 18.2 Å². The van der Waals surface area contributed by atoms with E-state index in [4.69, 9.17) is 11.6 Å². The predicted octanol–water partition coefficient (Wildman–Crippen LogP) is -2.19. The second kappa shape index (κ2) is 27.3. The first kappa shape index (κ1) is 65.4. The molecule has 0 aromatic heterocycles. The summed E-state index contributed by atoms with van der Waals surface area (Å²) in [5.74, 6) is -1.51. The number of anilines is 2. The number of hydrogen-bond donors (Lipinski definition) is 1. The normalized spacial score (nSPS) is 18.0. The van der Waals surface area contributed by atoms with Gasteiger partial charge in [-0.15, -0.1) is 0 Å². The molecule has 24 heteroatoms. The van der Waals surface area contributed by atoms with Crippen molar-refractivity contribution in [3.05, 3.63) is 112 Å². The molecule has 3 heterocycles. The first-order valence-corrected chi connectivity index (χ1v) is 27.7. The van der Waals surface area contributed by atoms with Crippen molar-refractivity contribution >= 4 is 95.1 Å². The fourth-order valence-corrected chi connectivity index (χ4v) is 12.1. The monoisotopic (exact) mass is 1130 g/mol. The maximum absolute atomic E-state index is 12.7. The number of fused-ring (bicyclic) bond motifs is 4. The molecule has 7 rings (SSSR count). The van der Waals surface area contributed by atoms with Crippen LogP contribution in [0.5, 0.6) is 0 Å². The molecule has 3 aromatic carbocycles. The number of carbonyl (C=O) groups is 3. The maximum Gasteiger partial charge on any atom is 1.00 e. The van der Waals surface area contributed by atoms with Crippen LogP contribution < -0.4 is 109 Å². The molecule has 3 aliphatic heterocycles. The molecule has 4 aliphatic rings. The third kappa shape index (κ3) is 15.2. The van der Waals surface area contributed by atoms with Gasteiger partial charge in [0.05, 0.1) is 32.5 Å². The summed E-state index contributed by atoms with van der Waals surface area (Å²) in [7, 11) is -5.46. The number of halogens is 1. The fraction of sp³-hybridized carbons (Fsp3) is 0.412. The summed E-state index contributed by atoms with van der Waals surface area (Å²) in [5.41, 5.74) is 6.89. The van der Waals surface area contributed by atoms with Gasteiger partial charge in [0.15, 0.2) is 5.71 Å². The standard InChI is InChI=1S/C51H60ClN5O12S3.3Na/c1-50(2)39-30-35(54(5)6)17-19-40(39)55(27-11-29-71(62,63)64)43(50)21-15-33-12-10-13-34(49(33)52)16-22-44-51(3,4)48-38-31-36(70-69-68-61)32-42(72(65,66)67)37(38)18-20-41(48)56(44)26-9-7-8-14-45(58)53-25-28-57-46(59)23-24-47(57)60;;;/h15-24,30-32H,7-14,25-29H2,1-6H3,(H3-,53,58,61,62,63,64,65,66,67);;;/q;3*+1/p-2. The quantitative estimate of drug-likeness (QED) is 0.0175. The number of amides is 3. The van der Waals surface area contributed by atoms with Crippen molar-refractivity contribution in [1.82, 2.24) is 10.2 Å². The SMILES string of the molecule is CN(C)c1ccc2c(c1)C(C)(C)/C(=C\C=C1/CCCC(/C=C/C3=[N+](CCCCCC(=O)NCCN4C(=O)C=CC4=O)c4ccc5c(S(=O)(=O)[O-])cc(SOO[O-])cc5c4C3(C)C)=C1Cl)N2CCCS(=O)(=O)[O-].[Na+].[Na+].[Na+]. The van der Waals surface area contributed by atoms with Crippen molar-refractivity contribution in [3.63, 3.8) is 0 Å². The van der Waals surface area contributed by atoms with E-state index in [9.17, 15) is 45.6 Å². The molecule has 0 radical (unpaired) electrons. The molecule has 0 unspecified atom stereocenters. The Morgan fingerprint density at radius 2 is 1.57 bits per heavy atom. The summed E-state index contributed by atoms with van der Waals surface area (Å²) in [4.78, 5) is 41.3. The number of rotatable bonds is 21. The molecule has 1 aliphatic carbocycles. The summed E-state index contributed by atoms with van der Waals surface area (Å²) >= 11 is 7.79. The average molecular weight is 1130 g/mol. The summed E-state index contributed by atoms with van der Waals surface area (Å²) in [6.45, 7) is 9.30. The zero-order valence-corrected chi connectivity index (χ0v) is 53.2. The van der Waals surface area contributed by atoms with Gasteiger partial charge in [0.1, 0.15) is 16.7 Å². The molecule has 0 spiro atoms. The molecule has 386 valence electrons. The maximum atomic E-state index is 12.7. The van der Waals surface area contributed by atoms with E-state index in [1.807, 2.05) is 69.3 Å². The number of allylic oxidation sites excluding steroid dienone is 8. The number of carbonyl (C=O) groups excluding carboxylic acids is 3. The summed E-state index contributed by atoms with van der Waals surface area (Å²) < 4.78 is 79.6. The average Bonchev–Trinajstić information content (AvgIpc) is 3.83. The molecule has 0 atom stereocenters. The summed E-state index contributed by atoms with van der Waals surface area (Å²) in [6, 6.07) is 12.4. The summed E-state index contributed by atoms with van der Waals surface area (Å²) in [5, 5.41) is 18.4. The summed E-state index contributed by atoms with van der Waals surface area (Å²) in [6.07, 6.45) is 14.9. The Kier molecular flexibility index (Phi) is 23.8. The molecule has 3 aromatic rings. The Bertz CT molecular complexity index is 3100. The number of nitrogens with zero attached hydrogens (tertiary/aromatic N) is 4. The molecule has 3 amide bonds. The van der Waals surface area contributed by atoms with Crippen molar-refractivity contribution < 1.29 is 148 Å². The molecule has 75 heavy (non-hydrogen) atoms. The number of hydrogen-bond acceptors (Lipinski definition) is 15. The molecule has 1 N–H and O–H groups in total. The van der Waals surface area contributed by atoms with Crippen LogP contribution in [0.4, 0.5) is 17.1 Å². The van der Waals surface area contributed by atoms with Crippen molar-refractivity contribution in [2.24, 2.45) is 0 Å². The van der Waals surface area contributed by atoms with Crippen molar-refractivity contribution in [2.45, 2.75) is 99.7 Å². The second-order valence-electron chi connectivity index (χ2n) is 19.4. The Balaban J connectivity index is 0.00000406. The molecular formula is C51H58ClN5Na3O12S3+. The minimum Gasteiger partial charge on any atom is -0.748 e. The zero-order valence-electron chi connectivity index (χ0n) is 44.0. The molecule has 0 fully saturated rings. The Morgan fingerprint density at radius 1 is 0.867 bits per heavy atom. The number of unbranched alkanes of at least 4 members (excludes halogenated alkanes) is 2. The van der Waals surface area contributed by atoms with E-state index in [1.165, 1.54) is 12.2 Å². The second-order valence-corrected chi connectivity index (χ2v) is 23.4. The van der Waals surface area contributed by atoms with E-state index in [-0.39, 0.29) is 131 Å². The van der Waals surface area contributed by atoms with E-state index in [2.05, 4.69) is 44.1 Å². The van der Waals surface area contributed by atoms with Crippen LogP contribution >= 0.6 is 23.6 Å². The van der Waals surface area contributed by atoms with Crippen LogP contribution in [0.2, 0.25) is 0 Å². The van der Waals surface area contributed by atoms with Crippen LogP contribution in [0, 0.1) is 0 Å². The zero-order chi connectivity index (χ0) is 52.3. The number of imide groups is 1. The van der Waals surface area contributed by atoms with Gasteiger partial charge in [0.25, 0.3) is 11.8 Å². The topological polar surface area (TPSA) is 232 Å². The minimum atomic E-state index is -4.99.